The fourth-order valence-corrected chi connectivity index (χ4v) is 2.11. The number of amides is 1. The molecule has 0 spiro atoms. The first-order chi connectivity index (χ1) is 6.74. The number of thiophene rings is 1. The molecule has 1 amide bonds. The number of alkyl halides is 1. The molecule has 0 saturated heterocycles. The largest absolute Gasteiger partial charge is 0.349 e. The molecule has 2 nitrogen and oxygen atoms in total. The van der Waals surface area contributed by atoms with Crippen LogP contribution in [0, 0.1) is 0 Å². The Balaban J connectivity index is 2.34. The number of hydrogen-bond donors (Lipinski definition) is 1. The van der Waals surface area contributed by atoms with E-state index in [0.717, 1.165) is 23.0 Å². The molecule has 1 aromatic rings. The zero-order valence-electron chi connectivity index (χ0n) is 8.13. The summed E-state index contributed by atoms with van der Waals surface area (Å²) in [5.41, 5.74) is 0. The Kier molecular flexibility index (Phi) is 5.19. The summed E-state index contributed by atoms with van der Waals surface area (Å²) >= 11 is 4.85. The molecule has 1 N–H and O–H groups in total. The van der Waals surface area contributed by atoms with E-state index in [1.165, 1.54) is 11.3 Å². The molecule has 1 rings (SSSR count). The van der Waals surface area contributed by atoms with Gasteiger partial charge in [0.15, 0.2) is 0 Å². The Morgan fingerprint density at radius 2 is 2.50 bits per heavy atom. The highest BCUT2D eigenvalue weighted by atomic mass is 79.9. The van der Waals surface area contributed by atoms with Crippen molar-refractivity contribution in [1.29, 1.82) is 0 Å². The van der Waals surface area contributed by atoms with Crippen LogP contribution < -0.4 is 5.32 Å². The SMILES string of the molecule is CC(CCCBr)NC(=O)c1cccs1. The Labute approximate surface area is 96.8 Å². The van der Waals surface area contributed by atoms with Crippen LogP contribution in [0.15, 0.2) is 17.5 Å². The van der Waals surface area contributed by atoms with Crippen LogP contribution in [0.2, 0.25) is 0 Å². The first-order valence-electron chi connectivity index (χ1n) is 4.64. The maximum atomic E-state index is 11.6. The second-order valence-electron chi connectivity index (χ2n) is 3.18. The predicted octanol–water partition coefficient (Wildman–Crippen LogP) is 3.04. The molecule has 0 aromatic carbocycles. The van der Waals surface area contributed by atoms with Gasteiger partial charge in [-0.1, -0.05) is 22.0 Å². The molecule has 0 aliphatic rings. The average Bonchev–Trinajstić information content (AvgIpc) is 2.67. The van der Waals surface area contributed by atoms with Crippen molar-refractivity contribution in [2.75, 3.05) is 5.33 Å². The zero-order valence-corrected chi connectivity index (χ0v) is 10.5. The highest BCUT2D eigenvalue weighted by molar-refractivity contribution is 9.09. The van der Waals surface area contributed by atoms with Crippen LogP contribution in [-0.2, 0) is 0 Å². The number of hydrogen-bond acceptors (Lipinski definition) is 2. The molecule has 1 aromatic heterocycles. The summed E-state index contributed by atoms with van der Waals surface area (Å²) in [6.45, 7) is 2.04. The van der Waals surface area contributed by atoms with E-state index >= 15 is 0 Å². The number of carbonyl (C=O) groups excluding carboxylic acids is 1. The molecule has 0 aliphatic heterocycles. The van der Waals surface area contributed by atoms with E-state index < -0.39 is 0 Å². The van der Waals surface area contributed by atoms with Crippen LogP contribution in [0.3, 0.4) is 0 Å². The van der Waals surface area contributed by atoms with Crippen molar-refractivity contribution in [2.45, 2.75) is 25.8 Å². The molecular formula is C10H14BrNOS. The third-order valence-corrected chi connectivity index (χ3v) is 3.32. The molecule has 14 heavy (non-hydrogen) atoms. The van der Waals surface area contributed by atoms with E-state index in [0.29, 0.717) is 0 Å². The van der Waals surface area contributed by atoms with E-state index in [1.54, 1.807) is 0 Å². The molecule has 0 aliphatic carbocycles. The second-order valence-corrected chi connectivity index (χ2v) is 4.92. The lowest BCUT2D eigenvalue weighted by molar-refractivity contribution is 0.0942. The molecule has 0 saturated carbocycles. The van der Waals surface area contributed by atoms with Crippen LogP contribution in [0.1, 0.15) is 29.4 Å². The molecule has 1 heterocycles. The summed E-state index contributed by atoms with van der Waals surface area (Å²) in [5.74, 6) is 0.0436. The summed E-state index contributed by atoms with van der Waals surface area (Å²) in [4.78, 5) is 12.4. The molecule has 1 unspecified atom stereocenters. The van der Waals surface area contributed by atoms with Gasteiger partial charge in [0.25, 0.3) is 5.91 Å². The standard InChI is InChI=1S/C10H14BrNOS/c1-8(4-2-6-11)12-10(13)9-5-3-7-14-9/h3,5,7-8H,2,4,6H2,1H3,(H,12,13). The zero-order chi connectivity index (χ0) is 10.4. The van der Waals surface area contributed by atoms with Gasteiger partial charge in [-0.2, -0.15) is 0 Å². The molecule has 78 valence electrons. The van der Waals surface area contributed by atoms with Crippen molar-refractivity contribution in [2.24, 2.45) is 0 Å². The molecule has 1 atom stereocenters. The summed E-state index contributed by atoms with van der Waals surface area (Å²) in [5, 5.41) is 5.87. The van der Waals surface area contributed by atoms with Gasteiger partial charge in [-0.3, -0.25) is 4.79 Å². The van der Waals surface area contributed by atoms with E-state index in [-0.39, 0.29) is 11.9 Å². The van der Waals surface area contributed by atoms with Crippen LogP contribution >= 0.6 is 27.3 Å². The predicted molar refractivity (Wildman–Crippen MR) is 64.3 cm³/mol. The van der Waals surface area contributed by atoms with Gasteiger partial charge in [0.2, 0.25) is 0 Å². The first kappa shape index (κ1) is 11.7. The minimum Gasteiger partial charge on any atom is -0.349 e. The van der Waals surface area contributed by atoms with E-state index in [1.807, 2.05) is 24.4 Å². The summed E-state index contributed by atoms with van der Waals surface area (Å²) in [6.07, 6.45) is 2.11. The highest BCUT2D eigenvalue weighted by Crippen LogP contribution is 2.09. The Bertz CT molecular complexity index is 274. The Morgan fingerprint density at radius 1 is 1.71 bits per heavy atom. The van der Waals surface area contributed by atoms with Crippen molar-refractivity contribution in [3.05, 3.63) is 22.4 Å². The highest BCUT2D eigenvalue weighted by Gasteiger charge is 2.09. The maximum Gasteiger partial charge on any atom is 0.261 e. The van der Waals surface area contributed by atoms with E-state index in [4.69, 9.17) is 0 Å². The Hall–Kier alpha value is -0.350. The van der Waals surface area contributed by atoms with Crippen molar-refractivity contribution in [3.63, 3.8) is 0 Å². The summed E-state index contributed by atoms with van der Waals surface area (Å²) in [7, 11) is 0. The molecule has 4 heteroatoms. The number of halogens is 1. The van der Waals surface area contributed by atoms with Crippen molar-refractivity contribution < 1.29 is 4.79 Å². The maximum absolute atomic E-state index is 11.6. The van der Waals surface area contributed by atoms with Gasteiger partial charge in [0.1, 0.15) is 0 Å². The molecular weight excluding hydrogens is 262 g/mol. The Morgan fingerprint density at radius 3 is 3.07 bits per heavy atom. The van der Waals surface area contributed by atoms with Crippen molar-refractivity contribution >= 4 is 33.2 Å². The van der Waals surface area contributed by atoms with Crippen LogP contribution in [0.5, 0.6) is 0 Å². The molecule has 0 radical (unpaired) electrons. The third kappa shape index (κ3) is 3.80. The van der Waals surface area contributed by atoms with Gasteiger partial charge in [-0.05, 0) is 31.2 Å². The monoisotopic (exact) mass is 275 g/mol. The molecule has 0 fully saturated rings. The lowest BCUT2D eigenvalue weighted by atomic mass is 10.2. The summed E-state index contributed by atoms with van der Waals surface area (Å²) < 4.78 is 0. The lowest BCUT2D eigenvalue weighted by Gasteiger charge is -2.11. The van der Waals surface area contributed by atoms with Crippen molar-refractivity contribution in [1.82, 2.24) is 5.32 Å². The van der Waals surface area contributed by atoms with Gasteiger partial charge >= 0.3 is 0 Å². The minimum atomic E-state index is 0.0436. The fourth-order valence-electron chi connectivity index (χ4n) is 1.16. The topological polar surface area (TPSA) is 29.1 Å². The lowest BCUT2D eigenvalue weighted by Crippen LogP contribution is -2.31. The van der Waals surface area contributed by atoms with Crippen LogP contribution in [-0.4, -0.2) is 17.3 Å². The van der Waals surface area contributed by atoms with Gasteiger partial charge in [-0.15, -0.1) is 11.3 Å². The second kappa shape index (κ2) is 6.19. The van der Waals surface area contributed by atoms with Gasteiger partial charge < -0.3 is 5.32 Å². The summed E-state index contributed by atoms with van der Waals surface area (Å²) in [6, 6.07) is 3.99. The van der Waals surface area contributed by atoms with E-state index in [2.05, 4.69) is 21.2 Å². The number of carbonyl (C=O) groups is 1. The van der Waals surface area contributed by atoms with Gasteiger partial charge in [0, 0.05) is 11.4 Å². The van der Waals surface area contributed by atoms with Crippen LogP contribution in [0.25, 0.3) is 0 Å². The van der Waals surface area contributed by atoms with Crippen molar-refractivity contribution in [3.8, 4) is 0 Å². The van der Waals surface area contributed by atoms with Gasteiger partial charge in [0.05, 0.1) is 4.88 Å². The first-order valence-corrected chi connectivity index (χ1v) is 6.64. The number of rotatable bonds is 5. The fraction of sp³-hybridized carbons (Fsp3) is 0.500. The smallest absolute Gasteiger partial charge is 0.261 e. The quantitative estimate of drug-likeness (QED) is 0.823. The normalized spacial score (nSPS) is 12.4. The number of nitrogens with one attached hydrogen (secondary N) is 1. The van der Waals surface area contributed by atoms with Gasteiger partial charge in [-0.25, -0.2) is 0 Å². The average molecular weight is 276 g/mol. The minimum absolute atomic E-state index is 0.0436. The van der Waals surface area contributed by atoms with E-state index in [9.17, 15) is 4.79 Å². The molecule has 0 bridgehead atoms. The third-order valence-electron chi connectivity index (χ3n) is 1.89. The van der Waals surface area contributed by atoms with Crippen LogP contribution in [0.4, 0.5) is 0 Å².